The van der Waals surface area contributed by atoms with Crippen LogP contribution in [0.5, 0.6) is 0 Å². The lowest BCUT2D eigenvalue weighted by Crippen LogP contribution is -2.17. The predicted molar refractivity (Wildman–Crippen MR) is 69.7 cm³/mol. The van der Waals surface area contributed by atoms with E-state index < -0.39 is 0 Å². The third-order valence-corrected chi connectivity index (χ3v) is 2.31. The summed E-state index contributed by atoms with van der Waals surface area (Å²) in [5, 5.41) is 9.48. The van der Waals surface area contributed by atoms with Gasteiger partial charge in [-0.1, -0.05) is 17.3 Å². The fraction of sp³-hybridized carbons (Fsp3) is 0.231. The first-order valence-electron chi connectivity index (χ1n) is 5.73. The molecule has 0 aliphatic rings. The normalized spacial score (nSPS) is 10.4. The number of amides is 1. The van der Waals surface area contributed by atoms with Gasteiger partial charge in [0.1, 0.15) is 12.0 Å². The molecule has 0 unspecified atom stereocenters. The van der Waals surface area contributed by atoms with Crippen LogP contribution in [-0.4, -0.2) is 17.1 Å². The number of anilines is 2. The molecule has 5 nitrogen and oxygen atoms in total. The minimum atomic E-state index is -0.193. The van der Waals surface area contributed by atoms with Gasteiger partial charge in [-0.05, 0) is 26.0 Å². The molecule has 5 heteroatoms. The van der Waals surface area contributed by atoms with E-state index in [9.17, 15) is 4.79 Å². The third-order valence-electron chi connectivity index (χ3n) is 2.31. The Morgan fingerprint density at radius 3 is 2.78 bits per heavy atom. The summed E-state index contributed by atoms with van der Waals surface area (Å²) < 4.78 is 4.67. The van der Waals surface area contributed by atoms with Gasteiger partial charge < -0.3 is 15.2 Å². The quantitative estimate of drug-likeness (QED) is 0.869. The highest BCUT2D eigenvalue weighted by molar-refractivity contribution is 6.07. The minimum Gasteiger partial charge on any atom is -0.382 e. The van der Waals surface area contributed by atoms with Crippen molar-refractivity contribution in [1.29, 1.82) is 0 Å². The van der Waals surface area contributed by atoms with Crippen molar-refractivity contribution in [3.8, 4) is 0 Å². The van der Waals surface area contributed by atoms with Crippen molar-refractivity contribution in [1.82, 2.24) is 5.16 Å². The van der Waals surface area contributed by atoms with Crippen LogP contribution in [0.4, 0.5) is 11.4 Å². The molecule has 0 aliphatic carbocycles. The average Bonchev–Trinajstić information content (AvgIpc) is 2.81. The summed E-state index contributed by atoms with van der Waals surface area (Å²) in [4.78, 5) is 12.1. The summed E-state index contributed by atoms with van der Waals surface area (Å²) in [5.74, 6) is -0.193. The molecule has 1 heterocycles. The monoisotopic (exact) mass is 245 g/mol. The Labute approximate surface area is 105 Å². The zero-order chi connectivity index (χ0) is 13.0. The number of carbonyl (C=O) groups excluding carboxylic acids is 1. The van der Waals surface area contributed by atoms with Gasteiger partial charge in [0.25, 0.3) is 5.91 Å². The fourth-order valence-corrected chi connectivity index (χ4v) is 1.58. The summed E-state index contributed by atoms with van der Waals surface area (Å²) in [6.45, 7) is 4.05. The number of aromatic nitrogens is 1. The van der Waals surface area contributed by atoms with Crippen molar-refractivity contribution in [2.45, 2.75) is 19.9 Å². The number of carbonyl (C=O) groups is 1. The molecule has 0 spiro atoms. The molecule has 0 saturated heterocycles. The van der Waals surface area contributed by atoms with Crippen molar-refractivity contribution >= 4 is 17.3 Å². The second-order valence-electron chi connectivity index (χ2n) is 4.21. The molecule has 0 bridgehead atoms. The highest BCUT2D eigenvalue weighted by atomic mass is 16.5. The standard InChI is InChI=1S/C13H15N3O2/c1-9(2)15-12-6-4-3-5-11(12)13(17)16-10-7-14-18-8-10/h3-9,15H,1-2H3,(H,16,17). The number of rotatable bonds is 4. The van der Waals surface area contributed by atoms with Crippen LogP contribution < -0.4 is 10.6 Å². The Balaban J connectivity index is 2.19. The first-order valence-corrected chi connectivity index (χ1v) is 5.73. The Hall–Kier alpha value is -2.30. The number of nitrogens with one attached hydrogen (secondary N) is 2. The Morgan fingerprint density at radius 1 is 1.33 bits per heavy atom. The minimum absolute atomic E-state index is 0.193. The van der Waals surface area contributed by atoms with Crippen LogP contribution in [0, 0.1) is 0 Å². The van der Waals surface area contributed by atoms with Crippen LogP contribution in [-0.2, 0) is 0 Å². The molecule has 1 aromatic carbocycles. The lowest BCUT2D eigenvalue weighted by atomic mass is 10.1. The van der Waals surface area contributed by atoms with Gasteiger partial charge in [-0.15, -0.1) is 0 Å². The van der Waals surface area contributed by atoms with Gasteiger partial charge in [-0.3, -0.25) is 4.79 Å². The molecule has 2 aromatic rings. The van der Waals surface area contributed by atoms with E-state index in [0.29, 0.717) is 11.3 Å². The number of hydrogen-bond acceptors (Lipinski definition) is 4. The molecule has 1 amide bonds. The van der Waals surface area contributed by atoms with Crippen LogP contribution in [0.25, 0.3) is 0 Å². The summed E-state index contributed by atoms with van der Waals surface area (Å²) in [7, 11) is 0. The SMILES string of the molecule is CC(C)Nc1ccccc1C(=O)Nc1cnoc1. The van der Waals surface area contributed by atoms with E-state index in [4.69, 9.17) is 0 Å². The van der Waals surface area contributed by atoms with Crippen LogP contribution in [0.2, 0.25) is 0 Å². The number of hydrogen-bond donors (Lipinski definition) is 2. The molecule has 0 aliphatic heterocycles. The fourth-order valence-electron chi connectivity index (χ4n) is 1.58. The highest BCUT2D eigenvalue weighted by Gasteiger charge is 2.12. The zero-order valence-electron chi connectivity index (χ0n) is 10.3. The van der Waals surface area contributed by atoms with Crippen molar-refractivity contribution in [3.05, 3.63) is 42.3 Å². The van der Waals surface area contributed by atoms with Crippen LogP contribution >= 0.6 is 0 Å². The van der Waals surface area contributed by atoms with E-state index in [0.717, 1.165) is 5.69 Å². The highest BCUT2D eigenvalue weighted by Crippen LogP contribution is 2.17. The maximum absolute atomic E-state index is 12.1. The summed E-state index contributed by atoms with van der Waals surface area (Å²) in [5.41, 5.74) is 1.94. The van der Waals surface area contributed by atoms with E-state index in [-0.39, 0.29) is 11.9 Å². The third kappa shape index (κ3) is 2.88. The first kappa shape index (κ1) is 12.2. The molecular formula is C13H15N3O2. The van der Waals surface area contributed by atoms with Gasteiger partial charge in [0, 0.05) is 11.7 Å². The van der Waals surface area contributed by atoms with E-state index in [1.807, 2.05) is 32.0 Å². The molecule has 0 radical (unpaired) electrons. The molecule has 2 N–H and O–H groups in total. The lowest BCUT2D eigenvalue weighted by molar-refractivity contribution is 0.102. The zero-order valence-corrected chi connectivity index (χ0v) is 10.3. The maximum Gasteiger partial charge on any atom is 0.257 e. The van der Waals surface area contributed by atoms with Crippen molar-refractivity contribution in [2.75, 3.05) is 10.6 Å². The molecule has 0 saturated carbocycles. The van der Waals surface area contributed by atoms with Gasteiger partial charge in [0.2, 0.25) is 0 Å². The average molecular weight is 245 g/mol. The van der Waals surface area contributed by atoms with Crippen molar-refractivity contribution in [2.24, 2.45) is 0 Å². The summed E-state index contributed by atoms with van der Waals surface area (Å²) in [6, 6.07) is 7.62. The first-order chi connectivity index (χ1) is 8.66. The van der Waals surface area contributed by atoms with E-state index in [1.54, 1.807) is 6.07 Å². The largest absolute Gasteiger partial charge is 0.382 e. The molecule has 0 fully saturated rings. The van der Waals surface area contributed by atoms with Gasteiger partial charge in [0.15, 0.2) is 0 Å². The van der Waals surface area contributed by atoms with E-state index >= 15 is 0 Å². The molecule has 2 rings (SSSR count). The Kier molecular flexibility index (Phi) is 3.62. The van der Waals surface area contributed by atoms with Crippen LogP contribution in [0.15, 0.2) is 41.2 Å². The van der Waals surface area contributed by atoms with Crippen molar-refractivity contribution in [3.63, 3.8) is 0 Å². The molecule has 0 atom stereocenters. The number of nitrogens with zero attached hydrogens (tertiary/aromatic N) is 1. The van der Waals surface area contributed by atoms with Gasteiger partial charge >= 0.3 is 0 Å². The topological polar surface area (TPSA) is 67.2 Å². The van der Waals surface area contributed by atoms with Gasteiger partial charge in [-0.2, -0.15) is 0 Å². The lowest BCUT2D eigenvalue weighted by Gasteiger charge is -2.13. The van der Waals surface area contributed by atoms with Crippen molar-refractivity contribution < 1.29 is 9.32 Å². The second-order valence-corrected chi connectivity index (χ2v) is 4.21. The Morgan fingerprint density at radius 2 is 2.11 bits per heavy atom. The van der Waals surface area contributed by atoms with Crippen LogP contribution in [0.3, 0.4) is 0 Å². The predicted octanol–water partition coefficient (Wildman–Crippen LogP) is 2.75. The van der Waals surface area contributed by atoms with E-state index in [2.05, 4.69) is 20.3 Å². The molecular weight excluding hydrogens is 230 g/mol. The summed E-state index contributed by atoms with van der Waals surface area (Å²) >= 11 is 0. The van der Waals surface area contributed by atoms with Gasteiger partial charge in [0.05, 0.1) is 11.8 Å². The van der Waals surface area contributed by atoms with E-state index in [1.165, 1.54) is 12.5 Å². The maximum atomic E-state index is 12.1. The number of benzene rings is 1. The van der Waals surface area contributed by atoms with Crippen LogP contribution in [0.1, 0.15) is 24.2 Å². The molecule has 1 aromatic heterocycles. The smallest absolute Gasteiger partial charge is 0.257 e. The molecule has 94 valence electrons. The Bertz CT molecular complexity index is 521. The number of para-hydroxylation sites is 1. The second kappa shape index (κ2) is 5.35. The summed E-state index contributed by atoms with van der Waals surface area (Å²) in [6.07, 6.45) is 2.84. The van der Waals surface area contributed by atoms with Gasteiger partial charge in [-0.25, -0.2) is 0 Å². The molecule has 18 heavy (non-hydrogen) atoms.